The van der Waals surface area contributed by atoms with Gasteiger partial charge in [0.1, 0.15) is 5.82 Å². The summed E-state index contributed by atoms with van der Waals surface area (Å²) in [5, 5.41) is 2.73. The van der Waals surface area contributed by atoms with Crippen molar-refractivity contribution in [2.45, 2.75) is 25.3 Å². The zero-order valence-corrected chi connectivity index (χ0v) is 19.4. The first-order valence-corrected chi connectivity index (χ1v) is 11.4. The van der Waals surface area contributed by atoms with Gasteiger partial charge in [-0.3, -0.25) is 9.78 Å². The van der Waals surface area contributed by atoms with Crippen LogP contribution in [0.15, 0.2) is 67.0 Å². The van der Waals surface area contributed by atoms with E-state index in [9.17, 15) is 35.5 Å². The van der Waals surface area contributed by atoms with Crippen molar-refractivity contribution in [2.24, 2.45) is 0 Å². The van der Waals surface area contributed by atoms with Gasteiger partial charge in [-0.2, -0.15) is 26.3 Å². The summed E-state index contributed by atoms with van der Waals surface area (Å²) in [6.45, 7) is -0.241. The van der Waals surface area contributed by atoms with Gasteiger partial charge in [0.25, 0.3) is 5.91 Å². The van der Waals surface area contributed by atoms with Crippen molar-refractivity contribution < 1.29 is 35.5 Å². The number of fused-ring (bicyclic) bond motifs is 1. The molecule has 4 nitrogen and oxygen atoms in total. The second kappa shape index (κ2) is 9.30. The maximum Gasteiger partial charge on any atom is 0.416 e. The molecule has 2 aromatic heterocycles. The molecule has 4 aromatic rings. The SMILES string of the molecule is O=C1NCCc2c1c(-c1ccc(F)cc1)c(-c1ccncc1)n2Cc1ccc(C(F)(F)F)cc1C(F)(F)F. The molecule has 1 amide bonds. The normalized spacial score (nSPS) is 13.8. The van der Waals surface area contributed by atoms with E-state index in [1.165, 1.54) is 41.2 Å². The lowest BCUT2D eigenvalue weighted by atomic mass is 9.95. The molecule has 196 valence electrons. The summed E-state index contributed by atoms with van der Waals surface area (Å²) in [5.74, 6) is -0.973. The molecule has 0 saturated heterocycles. The van der Waals surface area contributed by atoms with Crippen LogP contribution in [-0.4, -0.2) is 22.0 Å². The van der Waals surface area contributed by atoms with Crippen molar-refractivity contribution in [3.05, 3.63) is 101 Å². The van der Waals surface area contributed by atoms with Crippen molar-refractivity contribution in [1.29, 1.82) is 0 Å². The highest BCUT2D eigenvalue weighted by Crippen LogP contribution is 2.43. The Morgan fingerprint density at radius 3 is 2.16 bits per heavy atom. The Morgan fingerprint density at radius 2 is 1.53 bits per heavy atom. The van der Waals surface area contributed by atoms with Crippen LogP contribution in [0.25, 0.3) is 22.4 Å². The van der Waals surface area contributed by atoms with Crippen LogP contribution >= 0.6 is 0 Å². The van der Waals surface area contributed by atoms with Crippen molar-refractivity contribution in [3.63, 3.8) is 0 Å². The number of benzene rings is 2. The number of hydrogen-bond acceptors (Lipinski definition) is 2. The van der Waals surface area contributed by atoms with Crippen LogP contribution in [-0.2, 0) is 25.3 Å². The van der Waals surface area contributed by atoms with Gasteiger partial charge in [-0.05, 0) is 47.5 Å². The molecule has 0 aliphatic carbocycles. The van der Waals surface area contributed by atoms with Crippen LogP contribution in [0.5, 0.6) is 0 Å². The number of halogens is 7. The molecule has 0 radical (unpaired) electrons. The molecule has 3 heterocycles. The van der Waals surface area contributed by atoms with Crippen LogP contribution in [0.1, 0.15) is 32.7 Å². The summed E-state index contributed by atoms with van der Waals surface area (Å²) in [7, 11) is 0. The number of alkyl halides is 6. The highest BCUT2D eigenvalue weighted by molar-refractivity contribution is 6.07. The van der Waals surface area contributed by atoms with E-state index >= 15 is 0 Å². The number of carbonyl (C=O) groups is 1. The van der Waals surface area contributed by atoms with Crippen molar-refractivity contribution in [3.8, 4) is 22.4 Å². The first-order chi connectivity index (χ1) is 17.9. The molecule has 0 spiro atoms. The maximum atomic E-state index is 14.0. The molecular formula is C27H18F7N3O. The molecular weight excluding hydrogens is 515 g/mol. The molecule has 0 saturated carbocycles. The van der Waals surface area contributed by atoms with Gasteiger partial charge in [0.15, 0.2) is 0 Å². The van der Waals surface area contributed by atoms with Crippen LogP contribution in [0.2, 0.25) is 0 Å². The third-order valence-electron chi connectivity index (χ3n) is 6.40. The number of nitrogens with zero attached hydrogens (tertiary/aromatic N) is 2. The number of amides is 1. The Kier molecular flexibility index (Phi) is 6.24. The van der Waals surface area contributed by atoms with Crippen LogP contribution in [0.3, 0.4) is 0 Å². The summed E-state index contributed by atoms with van der Waals surface area (Å²) in [4.78, 5) is 17.0. The fourth-order valence-electron chi connectivity index (χ4n) is 4.76. The van der Waals surface area contributed by atoms with Crippen molar-refractivity contribution in [1.82, 2.24) is 14.9 Å². The average molecular weight is 533 g/mol. The summed E-state index contributed by atoms with van der Waals surface area (Å²) in [6, 6.07) is 10.1. The molecule has 2 aromatic carbocycles. The third-order valence-corrected chi connectivity index (χ3v) is 6.40. The number of carbonyl (C=O) groups excluding carboxylic acids is 1. The Morgan fingerprint density at radius 1 is 0.842 bits per heavy atom. The largest absolute Gasteiger partial charge is 0.416 e. The van der Waals surface area contributed by atoms with Gasteiger partial charge in [0.05, 0.1) is 22.4 Å². The first kappa shape index (κ1) is 25.5. The monoisotopic (exact) mass is 533 g/mol. The van der Waals surface area contributed by atoms with Crippen molar-refractivity contribution in [2.75, 3.05) is 6.54 Å². The van der Waals surface area contributed by atoms with E-state index in [0.717, 1.165) is 6.07 Å². The minimum atomic E-state index is -5.06. The molecule has 0 bridgehead atoms. The van der Waals surface area contributed by atoms with Crippen molar-refractivity contribution >= 4 is 5.91 Å². The van der Waals surface area contributed by atoms with E-state index in [2.05, 4.69) is 10.3 Å². The fourth-order valence-corrected chi connectivity index (χ4v) is 4.76. The number of pyridine rings is 1. The van der Waals surface area contributed by atoms with Gasteiger partial charge in [0.2, 0.25) is 0 Å². The summed E-state index contributed by atoms with van der Waals surface area (Å²) < 4.78 is 96.9. The number of aromatic nitrogens is 2. The minimum Gasteiger partial charge on any atom is -0.352 e. The van der Waals surface area contributed by atoms with Gasteiger partial charge >= 0.3 is 12.4 Å². The van der Waals surface area contributed by atoms with Gasteiger partial charge < -0.3 is 9.88 Å². The Balaban J connectivity index is 1.80. The lowest BCUT2D eigenvalue weighted by Crippen LogP contribution is -2.32. The first-order valence-electron chi connectivity index (χ1n) is 11.4. The second-order valence-electron chi connectivity index (χ2n) is 8.75. The average Bonchev–Trinajstić information content (AvgIpc) is 3.19. The molecule has 0 atom stereocenters. The van der Waals surface area contributed by atoms with Gasteiger partial charge in [-0.15, -0.1) is 0 Å². The Hall–Kier alpha value is -4.15. The molecule has 38 heavy (non-hydrogen) atoms. The minimum absolute atomic E-state index is 0.102. The zero-order chi connectivity index (χ0) is 27.2. The molecule has 1 aliphatic rings. The zero-order valence-electron chi connectivity index (χ0n) is 19.4. The predicted octanol–water partition coefficient (Wildman–Crippen LogP) is 6.73. The topological polar surface area (TPSA) is 46.9 Å². The molecule has 0 unspecified atom stereocenters. The standard InChI is InChI=1S/C27H18F7N3O/c28-19-5-2-15(3-6-19)22-23-21(9-12-36-25(23)38)37(24(22)16-7-10-35-11-8-16)14-17-1-4-18(26(29,30)31)13-20(17)27(32,33)34/h1-8,10-11,13H,9,12,14H2,(H,36,38). The lowest BCUT2D eigenvalue weighted by Gasteiger charge is -2.21. The number of nitrogens with one attached hydrogen (secondary N) is 1. The van der Waals surface area contributed by atoms with E-state index in [-0.39, 0.29) is 24.6 Å². The van der Waals surface area contributed by atoms with Gasteiger partial charge in [0, 0.05) is 48.7 Å². The molecule has 1 N–H and O–H groups in total. The maximum absolute atomic E-state index is 14.0. The lowest BCUT2D eigenvalue weighted by molar-refractivity contribution is -0.143. The van der Waals surface area contributed by atoms with Gasteiger partial charge in [-0.25, -0.2) is 4.39 Å². The molecule has 11 heteroatoms. The Labute approximate surface area is 211 Å². The quantitative estimate of drug-likeness (QED) is 0.296. The second-order valence-corrected chi connectivity index (χ2v) is 8.75. The number of rotatable bonds is 4. The Bertz CT molecular complexity index is 1510. The molecule has 1 aliphatic heterocycles. The van der Waals surface area contributed by atoms with E-state index in [1.54, 1.807) is 12.1 Å². The van der Waals surface area contributed by atoms with E-state index in [1.807, 2.05) is 0 Å². The smallest absolute Gasteiger partial charge is 0.352 e. The van der Waals surface area contributed by atoms with Crippen LogP contribution in [0, 0.1) is 5.82 Å². The molecule has 5 rings (SSSR count). The summed E-state index contributed by atoms with van der Waals surface area (Å²) >= 11 is 0. The van der Waals surface area contributed by atoms with E-state index in [0.29, 0.717) is 34.1 Å². The highest BCUT2D eigenvalue weighted by atomic mass is 19.4. The van der Waals surface area contributed by atoms with Crippen LogP contribution < -0.4 is 5.32 Å². The number of hydrogen-bond donors (Lipinski definition) is 1. The van der Waals surface area contributed by atoms with E-state index < -0.39 is 47.3 Å². The fraction of sp³-hybridized carbons (Fsp3) is 0.185. The van der Waals surface area contributed by atoms with E-state index in [4.69, 9.17) is 0 Å². The van der Waals surface area contributed by atoms with Gasteiger partial charge in [-0.1, -0.05) is 18.2 Å². The summed E-state index contributed by atoms with van der Waals surface area (Å²) in [5.41, 5.74) is -0.866. The third kappa shape index (κ3) is 4.64. The highest BCUT2D eigenvalue weighted by Gasteiger charge is 2.39. The van der Waals surface area contributed by atoms with Crippen LogP contribution in [0.4, 0.5) is 30.7 Å². The summed E-state index contributed by atoms with van der Waals surface area (Å²) in [6.07, 6.45) is -6.81. The molecule has 0 fully saturated rings. The predicted molar refractivity (Wildman–Crippen MR) is 125 cm³/mol.